The molecule has 1 aromatic rings. The number of ether oxygens (including phenoxy) is 1. The third-order valence-corrected chi connectivity index (χ3v) is 3.59. The van der Waals surface area contributed by atoms with Crippen molar-refractivity contribution in [2.75, 3.05) is 19.0 Å². The van der Waals surface area contributed by atoms with Gasteiger partial charge in [0.15, 0.2) is 0 Å². The number of methoxy groups -OCH3 is 1. The van der Waals surface area contributed by atoms with Gasteiger partial charge in [-0.1, -0.05) is 18.7 Å². The Balaban J connectivity index is 2.98. The molecule has 8 heteroatoms. The lowest BCUT2D eigenvalue weighted by molar-refractivity contribution is -0.114. The zero-order valence-corrected chi connectivity index (χ0v) is 13.3. The fourth-order valence-electron chi connectivity index (χ4n) is 1.47. The smallest absolute Gasteiger partial charge is 0.262 e. The molecule has 0 atom stereocenters. The fraction of sp³-hybridized carbons (Fsp3) is 0.462. The topological polar surface area (TPSA) is 93.7 Å². The van der Waals surface area contributed by atoms with E-state index >= 15 is 0 Å². The molecule has 7 nitrogen and oxygen atoms in total. The predicted molar refractivity (Wildman–Crippen MR) is 78.4 cm³/mol. The zero-order valence-electron chi connectivity index (χ0n) is 12.5. The van der Waals surface area contributed by atoms with Crippen LogP contribution < -0.4 is 14.9 Å². The summed E-state index contributed by atoms with van der Waals surface area (Å²) in [5, 5.41) is 2.51. The molecule has 2 N–H and O–H groups in total. The van der Waals surface area contributed by atoms with Crippen LogP contribution in [0.1, 0.15) is 20.8 Å². The zero-order chi connectivity index (χ0) is 16.0. The Hall–Kier alpha value is -1.64. The lowest BCUT2D eigenvalue weighted by Gasteiger charge is -2.12. The summed E-state index contributed by atoms with van der Waals surface area (Å²) in [7, 11) is -2.39. The van der Waals surface area contributed by atoms with Crippen molar-refractivity contribution < 1.29 is 22.8 Å². The van der Waals surface area contributed by atoms with Crippen LogP contribution in [0.5, 0.6) is 5.75 Å². The average molecular weight is 316 g/mol. The summed E-state index contributed by atoms with van der Waals surface area (Å²) in [6, 6.07) is 4.13. The van der Waals surface area contributed by atoms with Crippen molar-refractivity contribution in [3.63, 3.8) is 0 Å². The molecule has 0 saturated carbocycles. The Bertz CT molecular complexity index is 599. The van der Waals surface area contributed by atoms with Gasteiger partial charge in [-0.3, -0.25) is 9.63 Å². The van der Waals surface area contributed by atoms with E-state index in [9.17, 15) is 13.2 Å². The molecular formula is C13H20N2O5S. The number of rotatable bonds is 7. The maximum absolute atomic E-state index is 12.1. The second-order valence-corrected chi connectivity index (χ2v) is 6.48. The molecule has 0 unspecified atom stereocenters. The van der Waals surface area contributed by atoms with Gasteiger partial charge in [-0.05, 0) is 24.1 Å². The molecule has 118 valence electrons. The maximum Gasteiger partial charge on any atom is 0.262 e. The van der Waals surface area contributed by atoms with Gasteiger partial charge in [-0.25, -0.2) is 8.42 Å². The monoisotopic (exact) mass is 316 g/mol. The molecule has 0 aliphatic heterocycles. The van der Waals surface area contributed by atoms with Gasteiger partial charge in [-0.2, -0.15) is 0 Å². The molecule has 0 spiro atoms. The summed E-state index contributed by atoms with van der Waals surface area (Å²) < 4.78 is 29.2. The van der Waals surface area contributed by atoms with Gasteiger partial charge in [0.2, 0.25) is 5.91 Å². The van der Waals surface area contributed by atoms with Crippen molar-refractivity contribution in [1.29, 1.82) is 0 Å². The second-order valence-electron chi connectivity index (χ2n) is 4.83. The van der Waals surface area contributed by atoms with Gasteiger partial charge in [0.05, 0.1) is 24.3 Å². The average Bonchev–Trinajstić information content (AvgIpc) is 2.37. The predicted octanol–water partition coefficient (Wildman–Crippen LogP) is 1.52. The summed E-state index contributed by atoms with van der Waals surface area (Å²) in [6.45, 7) is 5.38. The number of nitrogens with one attached hydrogen (secondary N) is 2. The molecule has 0 aromatic heterocycles. The van der Waals surface area contributed by atoms with E-state index in [4.69, 9.17) is 9.57 Å². The summed E-state index contributed by atoms with van der Waals surface area (Å²) in [4.78, 5) is 18.1. The molecule has 1 rings (SSSR count). The minimum absolute atomic E-state index is 0.0317. The standard InChI is InChI=1S/C13H20N2O5S/c1-9(2)8-20-15-21(17,18)11-5-6-13(19-4)12(7-11)14-10(3)16/h5-7,9,15H,8H2,1-4H3,(H,14,16). The molecular weight excluding hydrogens is 296 g/mol. The number of anilines is 1. The fourth-order valence-corrected chi connectivity index (χ4v) is 2.31. The van der Waals surface area contributed by atoms with Crippen molar-refractivity contribution >= 4 is 21.6 Å². The first-order chi connectivity index (χ1) is 9.76. The molecule has 1 aromatic carbocycles. The van der Waals surface area contributed by atoms with Crippen LogP contribution in [0.3, 0.4) is 0 Å². The normalized spacial score (nSPS) is 11.5. The van der Waals surface area contributed by atoms with E-state index in [0.717, 1.165) is 0 Å². The van der Waals surface area contributed by atoms with Gasteiger partial charge < -0.3 is 10.1 Å². The van der Waals surface area contributed by atoms with Crippen molar-refractivity contribution in [2.45, 2.75) is 25.7 Å². The van der Waals surface area contributed by atoms with E-state index in [1.807, 2.05) is 18.7 Å². The Morgan fingerprint density at radius 1 is 1.33 bits per heavy atom. The Kier molecular flexibility index (Phi) is 6.13. The summed E-state index contributed by atoms with van der Waals surface area (Å²) in [5.74, 6) is 0.234. The van der Waals surface area contributed by atoms with Crippen molar-refractivity contribution in [2.24, 2.45) is 5.92 Å². The van der Waals surface area contributed by atoms with Crippen LogP contribution in [0.15, 0.2) is 23.1 Å². The number of amides is 1. The van der Waals surface area contributed by atoms with E-state index < -0.39 is 10.0 Å². The lowest BCUT2D eigenvalue weighted by Crippen LogP contribution is -2.26. The number of carbonyl (C=O) groups is 1. The van der Waals surface area contributed by atoms with Gasteiger partial charge in [-0.15, -0.1) is 0 Å². The van der Waals surface area contributed by atoms with Gasteiger partial charge >= 0.3 is 0 Å². The molecule has 0 saturated heterocycles. The molecule has 1 amide bonds. The largest absolute Gasteiger partial charge is 0.495 e. The van der Waals surface area contributed by atoms with Crippen LogP contribution >= 0.6 is 0 Å². The molecule has 21 heavy (non-hydrogen) atoms. The number of sulfonamides is 1. The quantitative estimate of drug-likeness (QED) is 0.744. The SMILES string of the molecule is COc1ccc(S(=O)(=O)NOCC(C)C)cc1NC(C)=O. The molecule has 0 aliphatic carbocycles. The second kappa shape index (κ2) is 7.39. The van der Waals surface area contributed by atoms with Crippen LogP contribution in [0.4, 0.5) is 5.69 Å². The number of carbonyl (C=O) groups excluding carboxylic acids is 1. The summed E-state index contributed by atoms with van der Waals surface area (Å²) >= 11 is 0. The van der Waals surface area contributed by atoms with Crippen molar-refractivity contribution in [3.8, 4) is 5.75 Å². The summed E-state index contributed by atoms with van der Waals surface area (Å²) in [5.41, 5.74) is 0.275. The highest BCUT2D eigenvalue weighted by atomic mass is 32.2. The van der Waals surface area contributed by atoms with E-state index in [0.29, 0.717) is 5.75 Å². The third-order valence-electron chi connectivity index (χ3n) is 2.38. The van der Waals surface area contributed by atoms with Crippen LogP contribution in [0.2, 0.25) is 0 Å². The van der Waals surface area contributed by atoms with E-state index in [1.54, 1.807) is 0 Å². The first-order valence-corrected chi connectivity index (χ1v) is 7.84. The molecule has 0 fully saturated rings. The van der Waals surface area contributed by atoms with Crippen molar-refractivity contribution in [3.05, 3.63) is 18.2 Å². The van der Waals surface area contributed by atoms with E-state index in [-0.39, 0.29) is 29.0 Å². The highest BCUT2D eigenvalue weighted by Gasteiger charge is 2.17. The molecule has 0 bridgehead atoms. The van der Waals surface area contributed by atoms with Gasteiger partial charge in [0.25, 0.3) is 10.0 Å². The minimum atomic E-state index is -3.82. The number of hydrogen-bond donors (Lipinski definition) is 2. The van der Waals surface area contributed by atoms with Crippen molar-refractivity contribution in [1.82, 2.24) is 4.89 Å². The first-order valence-electron chi connectivity index (χ1n) is 6.35. The van der Waals surface area contributed by atoms with E-state index in [2.05, 4.69) is 5.32 Å². The van der Waals surface area contributed by atoms with Crippen LogP contribution in [0.25, 0.3) is 0 Å². The van der Waals surface area contributed by atoms with Gasteiger partial charge in [0, 0.05) is 6.92 Å². The maximum atomic E-state index is 12.1. The minimum Gasteiger partial charge on any atom is -0.495 e. The molecule has 0 radical (unpaired) electrons. The Morgan fingerprint density at radius 2 is 2.00 bits per heavy atom. The third kappa shape index (κ3) is 5.33. The van der Waals surface area contributed by atoms with Gasteiger partial charge in [0.1, 0.15) is 5.75 Å². The van der Waals surface area contributed by atoms with E-state index in [1.165, 1.54) is 32.2 Å². The Morgan fingerprint density at radius 3 is 2.52 bits per heavy atom. The first kappa shape index (κ1) is 17.4. The lowest BCUT2D eigenvalue weighted by atomic mass is 10.2. The summed E-state index contributed by atoms with van der Waals surface area (Å²) in [6.07, 6.45) is 0. The van der Waals surface area contributed by atoms with Crippen LogP contribution in [0, 0.1) is 5.92 Å². The number of benzene rings is 1. The van der Waals surface area contributed by atoms with Crippen LogP contribution in [-0.2, 0) is 19.7 Å². The highest BCUT2D eigenvalue weighted by molar-refractivity contribution is 7.89. The Labute approximate surface area is 124 Å². The highest BCUT2D eigenvalue weighted by Crippen LogP contribution is 2.27. The number of hydrogen-bond acceptors (Lipinski definition) is 5. The molecule has 0 heterocycles. The van der Waals surface area contributed by atoms with Crippen LogP contribution in [-0.4, -0.2) is 28.0 Å². The molecule has 0 aliphatic rings.